The maximum atomic E-state index is 13.8. The van der Waals surface area contributed by atoms with Crippen LogP contribution in [0, 0.1) is 11.8 Å². The van der Waals surface area contributed by atoms with E-state index < -0.39 is 23.6 Å². The predicted octanol–water partition coefficient (Wildman–Crippen LogP) is 3.00. The SMILES string of the molecule is COc1ccc(CC(CC(=O)C(C)NC(=O)C2CCN(C)CC2)C(=O)NC(CC2=CCCC2)C(=O)C2(C)CO2)cc1. The molecular weight excluding hydrogens is 522 g/mol. The van der Waals surface area contributed by atoms with Crippen molar-refractivity contribution < 1.29 is 28.7 Å². The molecule has 0 spiro atoms. The molecule has 2 N–H and O–H groups in total. The predicted molar refractivity (Wildman–Crippen MR) is 155 cm³/mol. The van der Waals surface area contributed by atoms with Gasteiger partial charge in [-0.2, -0.15) is 0 Å². The number of nitrogens with one attached hydrogen (secondary N) is 2. The maximum absolute atomic E-state index is 13.8. The third kappa shape index (κ3) is 8.49. The molecule has 9 heteroatoms. The first-order valence-electron chi connectivity index (χ1n) is 14.9. The van der Waals surface area contributed by atoms with Gasteiger partial charge >= 0.3 is 0 Å². The van der Waals surface area contributed by atoms with E-state index in [4.69, 9.17) is 9.47 Å². The van der Waals surface area contributed by atoms with Crippen molar-refractivity contribution in [1.29, 1.82) is 0 Å². The minimum Gasteiger partial charge on any atom is -0.497 e. The molecule has 2 aliphatic heterocycles. The number of hydrogen-bond donors (Lipinski definition) is 2. The molecule has 0 saturated carbocycles. The molecule has 2 saturated heterocycles. The summed E-state index contributed by atoms with van der Waals surface area (Å²) in [5, 5.41) is 5.89. The molecule has 0 radical (unpaired) electrons. The van der Waals surface area contributed by atoms with E-state index in [-0.39, 0.29) is 35.7 Å². The largest absolute Gasteiger partial charge is 0.497 e. The molecule has 2 heterocycles. The van der Waals surface area contributed by atoms with Gasteiger partial charge in [0.1, 0.15) is 11.4 Å². The fourth-order valence-electron chi connectivity index (χ4n) is 5.71. The zero-order chi connectivity index (χ0) is 29.6. The van der Waals surface area contributed by atoms with Crippen LogP contribution >= 0.6 is 0 Å². The number of Topliss-reactive ketones (excluding diaryl/α,β-unsaturated/α-hetero) is 2. The van der Waals surface area contributed by atoms with Crippen LogP contribution in [0.4, 0.5) is 0 Å². The Labute approximate surface area is 243 Å². The Bertz CT molecular complexity index is 1130. The standard InChI is InChI=1S/C32H45N3O6/c1-21(33-30(38)24-13-15-35(3)16-14-24)28(36)19-25(17-23-9-11-26(40-4)12-10-23)31(39)34-27(18-22-7-5-6-8-22)29(37)32(2)20-41-32/h7,9-12,21,24-25,27H,5-6,8,13-20H2,1-4H3,(H,33,38)(H,34,39). The number of hydrogen-bond acceptors (Lipinski definition) is 7. The minimum absolute atomic E-state index is 0.0515. The van der Waals surface area contributed by atoms with E-state index in [2.05, 4.69) is 21.6 Å². The van der Waals surface area contributed by atoms with Crippen LogP contribution < -0.4 is 15.4 Å². The molecule has 1 aromatic rings. The molecule has 2 fully saturated rings. The lowest BCUT2D eigenvalue weighted by molar-refractivity contribution is -0.135. The average molecular weight is 568 g/mol. The van der Waals surface area contributed by atoms with E-state index in [1.165, 1.54) is 5.57 Å². The Balaban J connectivity index is 1.46. The number of ketones is 2. The lowest BCUT2D eigenvalue weighted by Crippen LogP contribution is -2.49. The van der Waals surface area contributed by atoms with Gasteiger partial charge < -0.3 is 25.0 Å². The third-order valence-corrected chi connectivity index (χ3v) is 8.72. The third-order valence-electron chi connectivity index (χ3n) is 8.72. The van der Waals surface area contributed by atoms with Gasteiger partial charge in [0.25, 0.3) is 0 Å². The van der Waals surface area contributed by atoms with E-state index in [0.29, 0.717) is 25.2 Å². The number of epoxide rings is 1. The Morgan fingerprint density at radius 3 is 2.37 bits per heavy atom. The second kappa shape index (κ2) is 13.7. The molecule has 2 amide bonds. The highest BCUT2D eigenvalue weighted by atomic mass is 16.6. The van der Waals surface area contributed by atoms with Crippen LogP contribution in [0.1, 0.15) is 64.4 Å². The second-order valence-corrected chi connectivity index (χ2v) is 12.1. The topological polar surface area (TPSA) is 117 Å². The van der Waals surface area contributed by atoms with Crippen molar-refractivity contribution in [3.63, 3.8) is 0 Å². The van der Waals surface area contributed by atoms with E-state index in [1.807, 2.05) is 31.3 Å². The molecule has 0 bridgehead atoms. The van der Waals surface area contributed by atoms with Gasteiger partial charge in [-0.1, -0.05) is 23.8 Å². The highest BCUT2D eigenvalue weighted by Gasteiger charge is 2.50. The molecule has 41 heavy (non-hydrogen) atoms. The van der Waals surface area contributed by atoms with Crippen molar-refractivity contribution in [2.45, 2.75) is 82.9 Å². The second-order valence-electron chi connectivity index (χ2n) is 12.1. The number of ether oxygens (including phenoxy) is 2. The number of allylic oxidation sites excluding steroid dienone is 1. The number of carbonyl (C=O) groups is 4. The fourth-order valence-corrected chi connectivity index (χ4v) is 5.71. The zero-order valence-electron chi connectivity index (χ0n) is 24.9. The van der Waals surface area contributed by atoms with Crippen LogP contribution in [0.15, 0.2) is 35.9 Å². The highest BCUT2D eigenvalue weighted by Crippen LogP contribution is 2.31. The maximum Gasteiger partial charge on any atom is 0.224 e. The number of nitrogens with zero attached hydrogens (tertiary/aromatic N) is 1. The van der Waals surface area contributed by atoms with Crippen LogP contribution in [0.25, 0.3) is 0 Å². The average Bonchev–Trinajstić information content (AvgIpc) is 3.50. The molecule has 1 aromatic carbocycles. The number of likely N-dealkylation sites (tertiary alicyclic amines) is 1. The van der Waals surface area contributed by atoms with E-state index in [1.54, 1.807) is 21.0 Å². The Morgan fingerprint density at radius 2 is 1.78 bits per heavy atom. The summed E-state index contributed by atoms with van der Waals surface area (Å²) in [6.45, 7) is 5.49. The van der Waals surface area contributed by atoms with Crippen LogP contribution in [-0.4, -0.2) is 79.8 Å². The summed E-state index contributed by atoms with van der Waals surface area (Å²) in [6, 6.07) is 5.96. The number of methoxy groups -OCH3 is 1. The number of carbonyl (C=O) groups excluding carboxylic acids is 4. The summed E-state index contributed by atoms with van der Waals surface area (Å²) in [7, 11) is 3.63. The Morgan fingerprint density at radius 1 is 1.10 bits per heavy atom. The van der Waals surface area contributed by atoms with Gasteiger partial charge in [0.2, 0.25) is 11.8 Å². The first kappa shape index (κ1) is 30.9. The summed E-state index contributed by atoms with van der Waals surface area (Å²) in [4.78, 5) is 55.5. The molecule has 224 valence electrons. The first-order valence-corrected chi connectivity index (χ1v) is 14.9. The molecule has 1 aliphatic carbocycles. The van der Waals surface area contributed by atoms with Crippen LogP contribution in [0.2, 0.25) is 0 Å². The van der Waals surface area contributed by atoms with Gasteiger partial charge in [0.15, 0.2) is 11.6 Å². The highest BCUT2D eigenvalue weighted by molar-refractivity contribution is 5.98. The van der Waals surface area contributed by atoms with Crippen LogP contribution in [0.5, 0.6) is 5.75 Å². The minimum atomic E-state index is -0.870. The zero-order valence-corrected chi connectivity index (χ0v) is 24.9. The number of rotatable bonds is 14. The number of benzene rings is 1. The molecule has 4 atom stereocenters. The van der Waals surface area contributed by atoms with Gasteiger partial charge in [-0.25, -0.2) is 0 Å². The molecule has 4 unspecified atom stereocenters. The van der Waals surface area contributed by atoms with Gasteiger partial charge in [-0.3, -0.25) is 19.2 Å². The molecule has 3 aliphatic rings. The van der Waals surface area contributed by atoms with Crippen molar-refractivity contribution in [2.75, 3.05) is 33.9 Å². The summed E-state index contributed by atoms with van der Waals surface area (Å²) < 4.78 is 10.7. The molecule has 9 nitrogen and oxygen atoms in total. The lowest BCUT2D eigenvalue weighted by atomic mass is 9.89. The van der Waals surface area contributed by atoms with Gasteiger partial charge in [0, 0.05) is 18.3 Å². The van der Waals surface area contributed by atoms with Crippen molar-refractivity contribution in [3.8, 4) is 5.75 Å². The monoisotopic (exact) mass is 567 g/mol. The lowest BCUT2D eigenvalue weighted by Gasteiger charge is -2.29. The van der Waals surface area contributed by atoms with Gasteiger partial charge in [-0.15, -0.1) is 0 Å². The smallest absolute Gasteiger partial charge is 0.224 e. The number of piperidine rings is 1. The summed E-state index contributed by atoms with van der Waals surface area (Å²) >= 11 is 0. The summed E-state index contributed by atoms with van der Waals surface area (Å²) in [5.41, 5.74) is 1.17. The fraction of sp³-hybridized carbons (Fsp3) is 0.625. The normalized spacial score (nSPS) is 23.2. The summed E-state index contributed by atoms with van der Waals surface area (Å²) in [5.74, 6) is -0.913. The van der Waals surface area contributed by atoms with Crippen LogP contribution in [0.3, 0.4) is 0 Å². The Hall–Kier alpha value is -3.04. The van der Waals surface area contributed by atoms with Gasteiger partial charge in [-0.05, 0) is 96.6 Å². The quantitative estimate of drug-likeness (QED) is 0.262. The van der Waals surface area contributed by atoms with Crippen molar-refractivity contribution >= 4 is 23.4 Å². The van der Waals surface area contributed by atoms with Gasteiger partial charge in [0.05, 0.1) is 25.8 Å². The molecular formula is C32H45N3O6. The number of amides is 2. The van der Waals surface area contributed by atoms with E-state index in [9.17, 15) is 19.2 Å². The first-order chi connectivity index (χ1) is 19.6. The van der Waals surface area contributed by atoms with Crippen LogP contribution in [-0.2, 0) is 30.3 Å². The Kier molecular flexibility index (Phi) is 10.4. The van der Waals surface area contributed by atoms with Crippen molar-refractivity contribution in [3.05, 3.63) is 41.5 Å². The van der Waals surface area contributed by atoms with Crippen molar-refractivity contribution in [1.82, 2.24) is 15.5 Å². The summed E-state index contributed by atoms with van der Waals surface area (Å²) in [6.07, 6.45) is 7.34. The van der Waals surface area contributed by atoms with Crippen molar-refractivity contribution in [2.24, 2.45) is 11.8 Å². The molecule has 4 rings (SSSR count). The molecule has 0 aromatic heterocycles. The van der Waals surface area contributed by atoms with E-state index in [0.717, 1.165) is 50.8 Å². The van der Waals surface area contributed by atoms with E-state index >= 15 is 0 Å².